The molecule has 0 aliphatic carbocycles. The summed E-state index contributed by atoms with van der Waals surface area (Å²) in [6.07, 6.45) is 0.965. The van der Waals surface area contributed by atoms with Crippen LogP contribution >= 0.6 is 0 Å². The molecule has 1 rings (SSSR count). The number of nitrogens with two attached hydrogens (primary N) is 1. The summed E-state index contributed by atoms with van der Waals surface area (Å²) in [6, 6.07) is 3.26. The van der Waals surface area contributed by atoms with Crippen molar-refractivity contribution in [3.05, 3.63) is 17.8 Å². The lowest BCUT2D eigenvalue weighted by atomic mass is 10.3. The zero-order chi connectivity index (χ0) is 13.4. The van der Waals surface area contributed by atoms with E-state index in [9.17, 15) is 9.59 Å². The Hall–Kier alpha value is -2.18. The van der Waals surface area contributed by atoms with E-state index in [0.717, 1.165) is 0 Å². The lowest BCUT2D eigenvalue weighted by Gasteiger charge is -2.04. The summed E-state index contributed by atoms with van der Waals surface area (Å²) in [5.74, 6) is -0.00716. The van der Waals surface area contributed by atoms with Gasteiger partial charge in [0.25, 0.3) is 5.91 Å². The Bertz CT molecular complexity index is 404. The van der Waals surface area contributed by atoms with Crippen molar-refractivity contribution in [1.82, 2.24) is 15.5 Å². The second kappa shape index (κ2) is 7.21. The maximum absolute atomic E-state index is 11.4. The smallest absolute Gasteiger partial charge is 0.271 e. The minimum atomic E-state index is -0.325. The van der Waals surface area contributed by atoms with E-state index in [0.29, 0.717) is 31.7 Å². The molecule has 4 N–H and O–H groups in total. The lowest BCUT2D eigenvalue weighted by molar-refractivity contribution is -0.118. The van der Waals surface area contributed by atoms with Crippen LogP contribution in [-0.2, 0) is 4.79 Å². The monoisotopic (exact) mass is 251 g/mol. The molecular formula is C11H17N5O2. The van der Waals surface area contributed by atoms with E-state index in [1.54, 1.807) is 12.1 Å². The fourth-order valence-corrected chi connectivity index (χ4v) is 1.28. The number of aromatic nitrogens is 2. The molecule has 1 heterocycles. The van der Waals surface area contributed by atoms with Crippen LogP contribution < -0.4 is 16.4 Å². The number of nitrogens with zero attached hydrogens (tertiary/aromatic N) is 2. The van der Waals surface area contributed by atoms with Crippen LogP contribution in [0, 0.1) is 0 Å². The van der Waals surface area contributed by atoms with Crippen molar-refractivity contribution >= 4 is 17.6 Å². The molecule has 18 heavy (non-hydrogen) atoms. The Morgan fingerprint density at radius 2 is 2.11 bits per heavy atom. The maximum atomic E-state index is 11.4. The largest absolute Gasteiger partial charge is 0.370 e. The molecule has 0 saturated carbocycles. The molecule has 0 aliphatic heterocycles. The second-order valence-corrected chi connectivity index (χ2v) is 3.66. The molecule has 0 spiro atoms. The Labute approximate surface area is 105 Å². The summed E-state index contributed by atoms with van der Waals surface area (Å²) in [7, 11) is 0. The van der Waals surface area contributed by atoms with Gasteiger partial charge < -0.3 is 16.4 Å². The molecule has 0 radical (unpaired) electrons. The topological polar surface area (TPSA) is 110 Å². The summed E-state index contributed by atoms with van der Waals surface area (Å²) in [5.41, 5.74) is 5.29. The quantitative estimate of drug-likeness (QED) is 0.586. The predicted molar refractivity (Wildman–Crippen MR) is 67.0 cm³/mol. The highest BCUT2D eigenvalue weighted by atomic mass is 16.2. The molecule has 0 bridgehead atoms. The number of amides is 2. The van der Waals surface area contributed by atoms with Gasteiger partial charge in [0, 0.05) is 19.5 Å². The van der Waals surface area contributed by atoms with E-state index in [2.05, 4.69) is 20.8 Å². The number of hydrogen-bond donors (Lipinski definition) is 3. The zero-order valence-corrected chi connectivity index (χ0v) is 10.3. The normalized spacial score (nSPS) is 9.83. The molecule has 0 atom stereocenters. The van der Waals surface area contributed by atoms with Gasteiger partial charge in [-0.3, -0.25) is 9.59 Å². The van der Waals surface area contributed by atoms with Gasteiger partial charge >= 0.3 is 0 Å². The van der Waals surface area contributed by atoms with E-state index in [4.69, 9.17) is 5.73 Å². The van der Waals surface area contributed by atoms with E-state index >= 15 is 0 Å². The van der Waals surface area contributed by atoms with Gasteiger partial charge in [-0.15, -0.1) is 10.2 Å². The second-order valence-electron chi connectivity index (χ2n) is 3.66. The van der Waals surface area contributed by atoms with Gasteiger partial charge in [-0.1, -0.05) is 0 Å². The Morgan fingerprint density at radius 1 is 1.33 bits per heavy atom. The highest BCUT2D eigenvalue weighted by Crippen LogP contribution is 2.02. The van der Waals surface area contributed by atoms with Crippen LogP contribution in [0.25, 0.3) is 0 Å². The van der Waals surface area contributed by atoms with Crippen molar-refractivity contribution < 1.29 is 9.59 Å². The van der Waals surface area contributed by atoms with Crippen LogP contribution in [0.3, 0.4) is 0 Å². The molecule has 1 aromatic rings. The van der Waals surface area contributed by atoms with Crippen LogP contribution in [0.5, 0.6) is 0 Å². The van der Waals surface area contributed by atoms with E-state index in [-0.39, 0.29) is 17.5 Å². The van der Waals surface area contributed by atoms with Gasteiger partial charge in [0.2, 0.25) is 5.91 Å². The van der Waals surface area contributed by atoms with E-state index < -0.39 is 0 Å². The Balaban J connectivity index is 2.40. The molecule has 2 amide bonds. The first-order valence-electron chi connectivity index (χ1n) is 5.77. The van der Waals surface area contributed by atoms with Crippen LogP contribution in [-0.4, -0.2) is 35.1 Å². The zero-order valence-electron chi connectivity index (χ0n) is 10.3. The third-order valence-electron chi connectivity index (χ3n) is 2.14. The lowest BCUT2D eigenvalue weighted by Crippen LogP contribution is -2.24. The fourth-order valence-electron chi connectivity index (χ4n) is 1.28. The van der Waals surface area contributed by atoms with Crippen LogP contribution in [0.4, 0.5) is 5.82 Å². The molecule has 7 nitrogen and oxygen atoms in total. The number of anilines is 1. The SMILES string of the molecule is CCNC(=O)c1ccc(NCCCC(N)=O)nn1. The van der Waals surface area contributed by atoms with Crippen molar-refractivity contribution in [3.8, 4) is 0 Å². The molecule has 0 fully saturated rings. The average molecular weight is 251 g/mol. The van der Waals surface area contributed by atoms with Crippen LogP contribution in [0.1, 0.15) is 30.3 Å². The average Bonchev–Trinajstić information content (AvgIpc) is 2.35. The third kappa shape index (κ3) is 4.77. The van der Waals surface area contributed by atoms with Crippen molar-refractivity contribution in [2.75, 3.05) is 18.4 Å². The summed E-state index contributed by atoms with van der Waals surface area (Å²) in [6.45, 7) is 2.96. The minimum absolute atomic E-state index is 0.245. The van der Waals surface area contributed by atoms with E-state index in [1.807, 2.05) is 6.92 Å². The molecule has 0 saturated heterocycles. The molecule has 0 aliphatic rings. The number of primary amides is 1. The molecule has 0 unspecified atom stereocenters. The van der Waals surface area contributed by atoms with Gasteiger partial charge in [-0.05, 0) is 25.5 Å². The Kier molecular flexibility index (Phi) is 5.56. The standard InChI is InChI=1S/C11H17N5O2/c1-2-13-11(18)8-5-6-10(16-15-8)14-7-3-4-9(12)17/h5-6H,2-4,7H2,1H3,(H2,12,17)(H,13,18)(H,14,16). The fraction of sp³-hybridized carbons (Fsp3) is 0.455. The van der Waals surface area contributed by atoms with Gasteiger partial charge in [0.1, 0.15) is 5.82 Å². The number of nitrogens with one attached hydrogen (secondary N) is 2. The molecule has 0 aromatic carbocycles. The minimum Gasteiger partial charge on any atom is -0.370 e. The highest BCUT2D eigenvalue weighted by Gasteiger charge is 2.06. The highest BCUT2D eigenvalue weighted by molar-refractivity contribution is 5.92. The molecule has 7 heteroatoms. The Morgan fingerprint density at radius 3 is 2.67 bits per heavy atom. The van der Waals surface area contributed by atoms with Crippen molar-refractivity contribution in [2.24, 2.45) is 5.73 Å². The van der Waals surface area contributed by atoms with Crippen LogP contribution in [0.15, 0.2) is 12.1 Å². The number of hydrogen-bond acceptors (Lipinski definition) is 5. The molecule has 98 valence electrons. The molecule has 1 aromatic heterocycles. The summed E-state index contributed by atoms with van der Waals surface area (Å²) in [4.78, 5) is 21.9. The van der Waals surface area contributed by atoms with Crippen LogP contribution in [0.2, 0.25) is 0 Å². The summed E-state index contributed by atoms with van der Waals surface area (Å²) in [5, 5.41) is 13.3. The summed E-state index contributed by atoms with van der Waals surface area (Å²) < 4.78 is 0. The van der Waals surface area contributed by atoms with Gasteiger partial charge in [-0.25, -0.2) is 0 Å². The summed E-state index contributed by atoms with van der Waals surface area (Å²) >= 11 is 0. The van der Waals surface area contributed by atoms with E-state index in [1.165, 1.54) is 0 Å². The van der Waals surface area contributed by atoms with Gasteiger partial charge in [-0.2, -0.15) is 0 Å². The number of carbonyl (C=O) groups is 2. The maximum Gasteiger partial charge on any atom is 0.271 e. The molecular weight excluding hydrogens is 234 g/mol. The first kappa shape index (κ1) is 13.9. The number of carbonyl (C=O) groups excluding carboxylic acids is 2. The number of rotatable bonds is 7. The van der Waals surface area contributed by atoms with Crippen molar-refractivity contribution in [1.29, 1.82) is 0 Å². The first-order valence-corrected chi connectivity index (χ1v) is 5.77. The third-order valence-corrected chi connectivity index (χ3v) is 2.14. The van der Waals surface area contributed by atoms with Crippen molar-refractivity contribution in [3.63, 3.8) is 0 Å². The van der Waals surface area contributed by atoms with Crippen molar-refractivity contribution in [2.45, 2.75) is 19.8 Å². The predicted octanol–water partition coefficient (Wildman–Crippen LogP) is -0.0963. The van der Waals surface area contributed by atoms with Gasteiger partial charge in [0.05, 0.1) is 0 Å². The first-order chi connectivity index (χ1) is 8.63. The van der Waals surface area contributed by atoms with Gasteiger partial charge in [0.15, 0.2) is 5.69 Å².